The van der Waals surface area contributed by atoms with Crippen molar-refractivity contribution in [3.8, 4) is 0 Å². The van der Waals surface area contributed by atoms with Crippen LogP contribution >= 0.6 is 0 Å². The van der Waals surface area contributed by atoms with Gasteiger partial charge in [0.2, 0.25) is 5.91 Å². The fraction of sp³-hybridized carbons (Fsp3) is 0.667. The monoisotopic (exact) mass is 255 g/mol. The second-order valence-electron chi connectivity index (χ2n) is 3.83. The van der Waals surface area contributed by atoms with Gasteiger partial charge in [0, 0.05) is 32.9 Å². The summed E-state index contributed by atoms with van der Waals surface area (Å²) in [5, 5.41) is 6.91. The first-order chi connectivity index (χ1) is 8.76. The number of ether oxygens (including phenoxy) is 2. The lowest BCUT2D eigenvalue weighted by Crippen LogP contribution is -2.12. The fourth-order valence-electron chi connectivity index (χ4n) is 1.44. The summed E-state index contributed by atoms with van der Waals surface area (Å²) in [6, 6.07) is 0. The molecule has 0 unspecified atom stereocenters. The van der Waals surface area contributed by atoms with Crippen LogP contribution in [0.1, 0.15) is 19.8 Å². The van der Waals surface area contributed by atoms with Crippen molar-refractivity contribution < 1.29 is 14.3 Å². The molecule has 0 aromatic carbocycles. The second-order valence-corrected chi connectivity index (χ2v) is 3.83. The van der Waals surface area contributed by atoms with Crippen LogP contribution in [-0.4, -0.2) is 42.6 Å². The van der Waals surface area contributed by atoms with E-state index < -0.39 is 0 Å². The van der Waals surface area contributed by atoms with Crippen molar-refractivity contribution in [3.63, 3.8) is 0 Å². The normalized spacial score (nSPS) is 10.6. The van der Waals surface area contributed by atoms with Crippen LogP contribution in [0.4, 0.5) is 5.69 Å². The molecule has 1 aromatic rings. The lowest BCUT2D eigenvalue weighted by Gasteiger charge is -2.02. The molecule has 0 saturated carbocycles. The van der Waals surface area contributed by atoms with Crippen LogP contribution in [0, 0.1) is 0 Å². The smallest absolute Gasteiger partial charge is 0.224 e. The van der Waals surface area contributed by atoms with Crippen molar-refractivity contribution in [1.29, 1.82) is 0 Å². The zero-order chi connectivity index (χ0) is 13.2. The molecule has 0 bridgehead atoms. The molecule has 0 saturated heterocycles. The molecule has 0 radical (unpaired) electrons. The van der Waals surface area contributed by atoms with Crippen molar-refractivity contribution in [3.05, 3.63) is 12.4 Å². The molecule has 1 amide bonds. The summed E-state index contributed by atoms with van der Waals surface area (Å²) in [6.07, 6.45) is 4.62. The molecule has 0 atom stereocenters. The number of carbonyl (C=O) groups excluding carboxylic acids is 1. The average Bonchev–Trinajstić information content (AvgIpc) is 2.80. The highest BCUT2D eigenvalue weighted by Crippen LogP contribution is 2.06. The molecule has 1 rings (SSSR count). The van der Waals surface area contributed by atoms with Gasteiger partial charge >= 0.3 is 0 Å². The topological polar surface area (TPSA) is 65.4 Å². The number of hydrogen-bond acceptors (Lipinski definition) is 4. The molecular weight excluding hydrogens is 234 g/mol. The highest BCUT2D eigenvalue weighted by Gasteiger charge is 2.04. The number of carbonyl (C=O) groups is 1. The van der Waals surface area contributed by atoms with Gasteiger partial charge in [-0.05, 0) is 13.3 Å². The lowest BCUT2D eigenvalue weighted by atomic mass is 10.3. The molecule has 0 aliphatic rings. The molecule has 18 heavy (non-hydrogen) atoms. The molecule has 1 aromatic heterocycles. The maximum atomic E-state index is 11.6. The molecule has 0 fully saturated rings. The molecular formula is C12H21N3O3. The van der Waals surface area contributed by atoms with E-state index in [1.54, 1.807) is 24.2 Å². The Kier molecular flexibility index (Phi) is 7.05. The molecule has 1 heterocycles. The first-order valence-corrected chi connectivity index (χ1v) is 6.15. The Hall–Kier alpha value is -1.40. The largest absolute Gasteiger partial charge is 0.383 e. The Morgan fingerprint density at radius 1 is 1.50 bits per heavy atom. The van der Waals surface area contributed by atoms with Crippen LogP contribution in [0.3, 0.4) is 0 Å². The zero-order valence-corrected chi connectivity index (χ0v) is 11.0. The number of nitrogens with one attached hydrogen (secondary N) is 1. The van der Waals surface area contributed by atoms with Gasteiger partial charge < -0.3 is 14.8 Å². The van der Waals surface area contributed by atoms with E-state index in [2.05, 4.69) is 10.4 Å². The highest BCUT2D eigenvalue weighted by molar-refractivity contribution is 5.90. The Bertz CT molecular complexity index is 352. The minimum absolute atomic E-state index is 0.0130. The average molecular weight is 255 g/mol. The summed E-state index contributed by atoms with van der Waals surface area (Å²) >= 11 is 0. The summed E-state index contributed by atoms with van der Waals surface area (Å²) in [6.45, 7) is 4.53. The van der Waals surface area contributed by atoms with E-state index in [-0.39, 0.29) is 5.91 Å². The van der Waals surface area contributed by atoms with Gasteiger partial charge in [-0.15, -0.1) is 0 Å². The molecule has 6 heteroatoms. The van der Waals surface area contributed by atoms with Gasteiger partial charge in [-0.2, -0.15) is 5.10 Å². The third kappa shape index (κ3) is 5.79. The van der Waals surface area contributed by atoms with E-state index in [0.717, 1.165) is 6.42 Å². The zero-order valence-electron chi connectivity index (χ0n) is 11.0. The minimum Gasteiger partial charge on any atom is -0.383 e. The molecule has 6 nitrogen and oxygen atoms in total. The number of methoxy groups -OCH3 is 1. The number of aromatic nitrogens is 2. The lowest BCUT2D eigenvalue weighted by molar-refractivity contribution is -0.116. The molecule has 1 N–H and O–H groups in total. The molecule has 0 spiro atoms. The summed E-state index contributed by atoms with van der Waals surface area (Å²) in [5.41, 5.74) is 0.715. The minimum atomic E-state index is -0.0130. The van der Waals surface area contributed by atoms with E-state index in [4.69, 9.17) is 9.47 Å². The third-order valence-electron chi connectivity index (χ3n) is 2.34. The maximum Gasteiger partial charge on any atom is 0.224 e. The van der Waals surface area contributed by atoms with Crippen LogP contribution in [0.2, 0.25) is 0 Å². The van der Waals surface area contributed by atoms with Crippen LogP contribution in [0.25, 0.3) is 0 Å². The molecule has 0 aliphatic heterocycles. The van der Waals surface area contributed by atoms with Crippen molar-refractivity contribution in [2.24, 2.45) is 0 Å². The number of amides is 1. The van der Waals surface area contributed by atoms with Crippen LogP contribution < -0.4 is 5.32 Å². The van der Waals surface area contributed by atoms with Gasteiger partial charge in [-0.25, -0.2) is 0 Å². The summed E-state index contributed by atoms with van der Waals surface area (Å²) in [4.78, 5) is 11.6. The van der Waals surface area contributed by atoms with Crippen molar-refractivity contribution in [1.82, 2.24) is 9.78 Å². The van der Waals surface area contributed by atoms with Crippen molar-refractivity contribution in [2.45, 2.75) is 26.3 Å². The Morgan fingerprint density at radius 3 is 3.06 bits per heavy atom. The van der Waals surface area contributed by atoms with E-state index in [0.29, 0.717) is 38.5 Å². The summed E-state index contributed by atoms with van der Waals surface area (Å²) in [5.74, 6) is -0.0130. The Balaban J connectivity index is 2.24. The van der Waals surface area contributed by atoms with Crippen LogP contribution in [-0.2, 0) is 20.8 Å². The van der Waals surface area contributed by atoms with E-state index in [1.807, 2.05) is 6.92 Å². The second kappa shape index (κ2) is 8.66. The Labute approximate surface area is 107 Å². The summed E-state index contributed by atoms with van der Waals surface area (Å²) in [7, 11) is 1.64. The van der Waals surface area contributed by atoms with Gasteiger partial charge in [0.15, 0.2) is 0 Å². The predicted molar refractivity (Wildman–Crippen MR) is 68.5 cm³/mol. The van der Waals surface area contributed by atoms with Crippen molar-refractivity contribution in [2.75, 3.05) is 32.2 Å². The SMILES string of the molecule is CCOCCCC(=O)Nc1cnn(CCOC)c1. The van der Waals surface area contributed by atoms with Crippen LogP contribution in [0.5, 0.6) is 0 Å². The van der Waals surface area contributed by atoms with Crippen LogP contribution in [0.15, 0.2) is 12.4 Å². The van der Waals surface area contributed by atoms with Crippen molar-refractivity contribution >= 4 is 11.6 Å². The van der Waals surface area contributed by atoms with Gasteiger partial charge in [0.25, 0.3) is 0 Å². The molecule has 102 valence electrons. The van der Waals surface area contributed by atoms with E-state index in [1.165, 1.54) is 0 Å². The van der Waals surface area contributed by atoms with Gasteiger partial charge in [-0.1, -0.05) is 0 Å². The summed E-state index contributed by atoms with van der Waals surface area (Å²) < 4.78 is 11.9. The fourth-order valence-corrected chi connectivity index (χ4v) is 1.44. The quantitative estimate of drug-likeness (QED) is 0.675. The Morgan fingerprint density at radius 2 is 2.33 bits per heavy atom. The van der Waals surface area contributed by atoms with Gasteiger partial charge in [0.05, 0.1) is 25.0 Å². The number of rotatable bonds is 9. The number of anilines is 1. The first kappa shape index (κ1) is 14.7. The standard InChI is InChI=1S/C12H21N3O3/c1-3-18-7-4-5-12(16)14-11-9-13-15(10-11)6-8-17-2/h9-10H,3-8H2,1-2H3,(H,14,16). The molecule has 0 aliphatic carbocycles. The number of nitrogens with zero attached hydrogens (tertiary/aromatic N) is 2. The predicted octanol–water partition coefficient (Wildman–Crippen LogP) is 1.28. The van der Waals surface area contributed by atoms with E-state index in [9.17, 15) is 4.79 Å². The number of hydrogen-bond donors (Lipinski definition) is 1. The van der Waals surface area contributed by atoms with Gasteiger partial charge in [-0.3, -0.25) is 9.48 Å². The first-order valence-electron chi connectivity index (χ1n) is 6.15. The highest BCUT2D eigenvalue weighted by atomic mass is 16.5. The van der Waals surface area contributed by atoms with E-state index >= 15 is 0 Å². The third-order valence-corrected chi connectivity index (χ3v) is 2.34. The maximum absolute atomic E-state index is 11.6. The van der Waals surface area contributed by atoms with Gasteiger partial charge in [0.1, 0.15) is 0 Å².